The highest BCUT2D eigenvalue weighted by Crippen LogP contribution is 2.58. The molecule has 0 aliphatic rings. The number of aryl methyl sites for hydroxylation is 1. The van der Waals surface area contributed by atoms with Gasteiger partial charge in [-0.15, -0.1) is 11.6 Å². The van der Waals surface area contributed by atoms with Crippen molar-refractivity contribution in [2.45, 2.75) is 31.8 Å². The maximum atomic E-state index is 12.2. The van der Waals surface area contributed by atoms with E-state index in [4.69, 9.17) is 11.6 Å². The van der Waals surface area contributed by atoms with Crippen LogP contribution in [-0.4, -0.2) is 16.6 Å². The van der Waals surface area contributed by atoms with Gasteiger partial charge >= 0.3 is 0 Å². The van der Waals surface area contributed by atoms with Gasteiger partial charge in [0.1, 0.15) is 5.34 Å². The van der Waals surface area contributed by atoms with Crippen molar-refractivity contribution in [1.29, 1.82) is 0 Å². The molecule has 17 heavy (non-hydrogen) atoms. The van der Waals surface area contributed by atoms with E-state index in [2.05, 4.69) is 0 Å². The van der Waals surface area contributed by atoms with E-state index in [1.165, 1.54) is 13.8 Å². The van der Waals surface area contributed by atoms with Crippen LogP contribution in [-0.2, 0) is 9.91 Å². The van der Waals surface area contributed by atoms with Crippen molar-refractivity contribution in [3.05, 3.63) is 35.4 Å². The summed E-state index contributed by atoms with van der Waals surface area (Å²) in [5.74, 6) is -0.0250. The monoisotopic (exact) mass is 275 g/mol. The molecule has 5 heteroatoms. The van der Waals surface area contributed by atoms with Gasteiger partial charge in [-0.25, -0.2) is 0 Å². The Morgan fingerprint density at radius 3 is 2.35 bits per heavy atom. The molecule has 0 spiro atoms. The molecule has 1 aromatic rings. The van der Waals surface area contributed by atoms with Crippen LogP contribution in [0.5, 0.6) is 0 Å². The summed E-state index contributed by atoms with van der Waals surface area (Å²) in [6.45, 7) is 4.70. The normalized spacial score (nSPS) is 20.4. The maximum Gasteiger partial charge on any atom is 0.127 e. The first-order valence-electron chi connectivity index (χ1n) is 5.39. The number of halogens is 1. The van der Waals surface area contributed by atoms with Gasteiger partial charge in [-0.1, -0.05) is 36.8 Å². The lowest BCUT2D eigenvalue weighted by Crippen LogP contribution is -2.33. The van der Waals surface area contributed by atoms with Crippen molar-refractivity contribution in [1.82, 2.24) is 0 Å². The summed E-state index contributed by atoms with van der Waals surface area (Å²) in [5.41, 5.74) is 0.620. The molecule has 0 saturated heterocycles. The summed E-state index contributed by atoms with van der Waals surface area (Å²) in [6, 6.07) is 6.80. The number of hydrogen-bond acceptors (Lipinski definition) is 3. The van der Waals surface area contributed by atoms with Gasteiger partial charge < -0.3 is 14.6 Å². The molecule has 0 saturated carbocycles. The molecule has 0 radical (unpaired) electrons. The molecule has 1 aromatic carbocycles. The van der Waals surface area contributed by atoms with E-state index in [1.54, 1.807) is 24.3 Å². The molecule has 0 aromatic heterocycles. The van der Waals surface area contributed by atoms with Crippen LogP contribution in [0.1, 0.15) is 25.0 Å². The summed E-state index contributed by atoms with van der Waals surface area (Å²) in [6.07, 6.45) is 0. The van der Waals surface area contributed by atoms with Crippen LogP contribution in [0, 0.1) is 6.92 Å². The Hall–Kier alpha value is -0.340. The van der Waals surface area contributed by atoms with Crippen molar-refractivity contribution >= 4 is 19.0 Å². The molecule has 0 fully saturated rings. The minimum Gasteiger partial charge on any atom is -0.797 e. The molecule has 3 atom stereocenters. The van der Waals surface area contributed by atoms with E-state index >= 15 is 0 Å². The largest absolute Gasteiger partial charge is 0.797 e. The standard InChI is InChI=1S/C12H18ClO3P/c1-9-4-6-11(7-5-9)12(3,14)17(15,16)10(2)8-13/h4-7,10,14H,8H2,1-3H3,(H,15,16)/p-1. The second-order valence-electron chi connectivity index (χ2n) is 4.49. The first-order valence-corrected chi connectivity index (χ1v) is 7.62. The van der Waals surface area contributed by atoms with Crippen LogP contribution in [0.2, 0.25) is 0 Å². The number of benzene rings is 1. The number of alkyl halides is 1. The van der Waals surface area contributed by atoms with Gasteiger partial charge in [-0.05, 0) is 19.4 Å². The predicted octanol–water partition coefficient (Wildman–Crippen LogP) is 2.43. The quantitative estimate of drug-likeness (QED) is 0.678. The van der Waals surface area contributed by atoms with Gasteiger partial charge in [0.05, 0.1) is 7.37 Å². The zero-order valence-corrected chi connectivity index (χ0v) is 11.8. The van der Waals surface area contributed by atoms with Gasteiger partial charge in [0, 0.05) is 11.5 Å². The van der Waals surface area contributed by atoms with E-state index in [1.807, 2.05) is 6.92 Å². The minimum atomic E-state index is -4.05. The summed E-state index contributed by atoms with van der Waals surface area (Å²) in [7, 11) is -4.05. The Labute approximate surface area is 107 Å². The van der Waals surface area contributed by atoms with E-state index in [-0.39, 0.29) is 5.88 Å². The Morgan fingerprint density at radius 2 is 1.94 bits per heavy atom. The summed E-state index contributed by atoms with van der Waals surface area (Å²) in [5, 5.41) is 8.39. The molecule has 3 unspecified atom stereocenters. The van der Waals surface area contributed by atoms with Crippen LogP contribution >= 0.6 is 19.0 Å². The van der Waals surface area contributed by atoms with Crippen LogP contribution < -0.4 is 4.89 Å². The van der Waals surface area contributed by atoms with Crippen LogP contribution in [0.3, 0.4) is 0 Å². The molecule has 0 amide bonds. The van der Waals surface area contributed by atoms with Gasteiger partial charge in [0.2, 0.25) is 0 Å². The van der Waals surface area contributed by atoms with E-state index in [0.29, 0.717) is 5.56 Å². The summed E-state index contributed by atoms with van der Waals surface area (Å²) >= 11 is 5.57. The van der Waals surface area contributed by atoms with Gasteiger partial charge in [0.25, 0.3) is 0 Å². The minimum absolute atomic E-state index is 0.0250. The van der Waals surface area contributed by atoms with Crippen LogP contribution in [0.15, 0.2) is 24.3 Å². The molecule has 0 aliphatic carbocycles. The fraction of sp³-hybridized carbons (Fsp3) is 0.500. The van der Waals surface area contributed by atoms with Crippen molar-refractivity contribution in [3.8, 4) is 0 Å². The van der Waals surface area contributed by atoms with E-state index in [9.17, 15) is 14.6 Å². The molecule has 3 nitrogen and oxygen atoms in total. The number of aliphatic hydroxyl groups is 1. The molecule has 0 bridgehead atoms. The summed E-state index contributed by atoms with van der Waals surface area (Å²) in [4.78, 5) is 12.2. The molecular formula is C12H17ClO3P-. The van der Waals surface area contributed by atoms with Gasteiger partial charge in [-0.3, -0.25) is 0 Å². The molecule has 1 rings (SSSR count). The molecule has 96 valence electrons. The molecular weight excluding hydrogens is 259 g/mol. The smallest absolute Gasteiger partial charge is 0.127 e. The summed E-state index contributed by atoms with van der Waals surface area (Å²) < 4.78 is 12.2. The van der Waals surface area contributed by atoms with Crippen molar-refractivity contribution in [2.24, 2.45) is 0 Å². The fourth-order valence-corrected chi connectivity index (χ4v) is 3.66. The SMILES string of the molecule is Cc1ccc(C(C)(O)P(=O)([O-])C(C)CCl)cc1. The Bertz CT molecular complexity index is 428. The zero-order chi connectivity index (χ0) is 13.3. The van der Waals surface area contributed by atoms with Gasteiger partial charge in [-0.2, -0.15) is 0 Å². The number of hydrogen-bond donors (Lipinski definition) is 1. The third-order valence-electron chi connectivity index (χ3n) is 3.01. The number of rotatable bonds is 4. The second kappa shape index (κ2) is 5.11. The average Bonchev–Trinajstić information content (AvgIpc) is 2.28. The predicted molar refractivity (Wildman–Crippen MR) is 68.5 cm³/mol. The Morgan fingerprint density at radius 1 is 1.47 bits per heavy atom. The van der Waals surface area contributed by atoms with E-state index in [0.717, 1.165) is 5.56 Å². The molecule has 0 aliphatic heterocycles. The molecule has 1 N–H and O–H groups in total. The average molecular weight is 276 g/mol. The Kier molecular flexibility index (Phi) is 4.43. The molecule has 0 heterocycles. The first-order chi connectivity index (χ1) is 7.73. The van der Waals surface area contributed by atoms with E-state index < -0.39 is 18.4 Å². The lowest BCUT2D eigenvalue weighted by Gasteiger charge is -2.41. The fourth-order valence-electron chi connectivity index (χ4n) is 1.57. The lowest BCUT2D eigenvalue weighted by molar-refractivity contribution is -0.192. The highest BCUT2D eigenvalue weighted by Gasteiger charge is 2.38. The van der Waals surface area contributed by atoms with Gasteiger partial charge in [0.15, 0.2) is 0 Å². The van der Waals surface area contributed by atoms with Crippen molar-refractivity contribution < 1.29 is 14.6 Å². The lowest BCUT2D eigenvalue weighted by atomic mass is 10.1. The highest BCUT2D eigenvalue weighted by atomic mass is 35.5. The van der Waals surface area contributed by atoms with Crippen LogP contribution in [0.4, 0.5) is 0 Å². The topological polar surface area (TPSA) is 60.4 Å². The maximum absolute atomic E-state index is 12.2. The van der Waals surface area contributed by atoms with Crippen LogP contribution in [0.25, 0.3) is 0 Å². The highest BCUT2D eigenvalue weighted by molar-refractivity contribution is 7.58. The van der Waals surface area contributed by atoms with Crippen molar-refractivity contribution in [2.75, 3.05) is 5.88 Å². The third-order valence-corrected chi connectivity index (χ3v) is 6.50. The first kappa shape index (κ1) is 14.7. The zero-order valence-electron chi connectivity index (χ0n) is 10.2. The third kappa shape index (κ3) is 2.74. The Balaban J connectivity index is 3.18. The second-order valence-corrected chi connectivity index (χ2v) is 7.74. The van der Waals surface area contributed by atoms with Crippen molar-refractivity contribution in [3.63, 3.8) is 0 Å².